The first-order valence-corrected chi connectivity index (χ1v) is 4.79. The van der Waals surface area contributed by atoms with E-state index in [-0.39, 0.29) is 4.05 Å². The molecule has 0 aliphatic carbocycles. The van der Waals surface area contributed by atoms with Gasteiger partial charge < -0.3 is 0 Å². The second kappa shape index (κ2) is 5.74. The highest BCUT2D eigenvalue weighted by molar-refractivity contribution is 14.1. The Bertz CT molecular complexity index is 238. The van der Waals surface area contributed by atoms with E-state index >= 15 is 0 Å². The molecule has 0 aromatic carbocycles. The highest BCUT2D eigenvalue weighted by Gasteiger charge is 2.15. The van der Waals surface area contributed by atoms with Gasteiger partial charge in [0.25, 0.3) is 5.91 Å². The number of hydrogen-bond donors (Lipinski definition) is 1. The summed E-state index contributed by atoms with van der Waals surface area (Å²) in [6.07, 6.45) is 2.40. The van der Waals surface area contributed by atoms with Crippen LogP contribution in [-0.4, -0.2) is 20.9 Å². The van der Waals surface area contributed by atoms with Gasteiger partial charge in [-0.2, -0.15) is 0 Å². The van der Waals surface area contributed by atoms with E-state index in [4.69, 9.17) is 0 Å². The fourth-order valence-electron chi connectivity index (χ4n) is 0.611. The maximum Gasteiger partial charge on any atom is 0.329 e. The molecular weight excluding hydrogens is 283 g/mol. The quantitative estimate of drug-likeness (QED) is 0.372. The van der Waals surface area contributed by atoms with Crippen molar-refractivity contribution in [3.05, 3.63) is 25.4 Å². The molecule has 0 radical (unpaired) electrons. The van der Waals surface area contributed by atoms with Crippen LogP contribution in [0, 0.1) is 0 Å². The van der Waals surface area contributed by atoms with E-state index in [0.29, 0.717) is 0 Å². The van der Waals surface area contributed by atoms with Crippen LogP contribution >= 0.6 is 22.6 Å². The van der Waals surface area contributed by atoms with Crippen molar-refractivity contribution in [1.29, 1.82) is 0 Å². The molecule has 0 spiro atoms. The van der Waals surface area contributed by atoms with Crippen molar-refractivity contribution < 1.29 is 9.59 Å². The van der Waals surface area contributed by atoms with Crippen molar-refractivity contribution in [3.63, 3.8) is 0 Å². The number of nitrogens with one attached hydrogen (secondary N) is 1. The zero-order chi connectivity index (χ0) is 10.4. The van der Waals surface area contributed by atoms with Gasteiger partial charge in [0.15, 0.2) is 0 Å². The van der Waals surface area contributed by atoms with Crippen LogP contribution in [0.3, 0.4) is 0 Å². The minimum Gasteiger partial charge on any atom is -0.289 e. The van der Waals surface area contributed by atoms with E-state index in [2.05, 4.69) is 18.5 Å². The second-order valence-corrected chi connectivity index (χ2v) is 3.97. The Morgan fingerprint density at radius 2 is 2.08 bits per heavy atom. The molecule has 3 amide bonds. The van der Waals surface area contributed by atoms with Crippen LogP contribution in [0.15, 0.2) is 25.4 Å². The Morgan fingerprint density at radius 3 is 2.38 bits per heavy atom. The standard InChI is InChI=1S/C8H11IN2O2/c1-4-7(12)10-8(13)11(5-2)6(3)9/h4-6H,1-2H2,3H3,(H,10,12,13). The lowest BCUT2D eigenvalue weighted by Gasteiger charge is -2.20. The third-order valence-electron chi connectivity index (χ3n) is 1.23. The first-order chi connectivity index (χ1) is 6.02. The van der Waals surface area contributed by atoms with E-state index < -0.39 is 11.9 Å². The molecule has 0 aliphatic heterocycles. The van der Waals surface area contributed by atoms with Gasteiger partial charge in [0.1, 0.15) is 0 Å². The first kappa shape index (κ1) is 12.2. The van der Waals surface area contributed by atoms with Gasteiger partial charge in [-0.25, -0.2) is 4.79 Å². The lowest BCUT2D eigenvalue weighted by molar-refractivity contribution is -0.115. The van der Waals surface area contributed by atoms with Gasteiger partial charge >= 0.3 is 6.03 Å². The van der Waals surface area contributed by atoms with Crippen molar-refractivity contribution in [1.82, 2.24) is 10.2 Å². The van der Waals surface area contributed by atoms with Crippen LogP contribution < -0.4 is 5.32 Å². The molecule has 0 saturated carbocycles. The third-order valence-corrected chi connectivity index (χ3v) is 1.83. The number of urea groups is 1. The summed E-state index contributed by atoms with van der Waals surface area (Å²) in [6, 6.07) is -0.498. The van der Waals surface area contributed by atoms with Crippen molar-refractivity contribution in [2.45, 2.75) is 11.0 Å². The van der Waals surface area contributed by atoms with E-state index in [0.717, 1.165) is 6.08 Å². The fraction of sp³-hybridized carbons (Fsp3) is 0.250. The number of halogens is 1. The van der Waals surface area contributed by atoms with Gasteiger partial charge in [0, 0.05) is 6.20 Å². The number of rotatable bonds is 3. The average Bonchev–Trinajstić information content (AvgIpc) is 2.04. The predicted molar refractivity (Wildman–Crippen MR) is 59.3 cm³/mol. The minimum atomic E-state index is -0.520. The minimum absolute atomic E-state index is 0.0623. The van der Waals surface area contributed by atoms with Gasteiger partial charge in [-0.3, -0.25) is 15.0 Å². The van der Waals surface area contributed by atoms with Crippen LogP contribution in [0.1, 0.15) is 6.92 Å². The number of hydrogen-bond acceptors (Lipinski definition) is 2. The molecule has 1 unspecified atom stereocenters. The molecule has 5 heteroatoms. The van der Waals surface area contributed by atoms with Crippen LogP contribution in [0.5, 0.6) is 0 Å². The summed E-state index contributed by atoms with van der Waals surface area (Å²) in [5, 5.41) is 2.12. The van der Waals surface area contributed by atoms with Gasteiger partial charge in [0.05, 0.1) is 4.05 Å². The van der Waals surface area contributed by atoms with Gasteiger partial charge in [0.2, 0.25) is 0 Å². The number of carbonyl (C=O) groups is 2. The zero-order valence-electron chi connectivity index (χ0n) is 7.29. The highest BCUT2D eigenvalue weighted by atomic mass is 127. The normalized spacial score (nSPS) is 11.2. The molecule has 0 rings (SSSR count). The summed E-state index contributed by atoms with van der Waals surface area (Å²) in [7, 11) is 0. The Balaban J connectivity index is 4.30. The Hall–Kier alpha value is -0.850. The van der Waals surface area contributed by atoms with E-state index in [1.165, 1.54) is 11.1 Å². The van der Waals surface area contributed by atoms with E-state index in [9.17, 15) is 9.59 Å². The first-order valence-electron chi connectivity index (χ1n) is 3.55. The number of amides is 3. The molecule has 1 N–H and O–H groups in total. The number of alkyl halides is 1. The molecule has 0 aliphatic rings. The topological polar surface area (TPSA) is 49.4 Å². The molecule has 0 saturated heterocycles. The summed E-state index contributed by atoms with van der Waals surface area (Å²) < 4.78 is -0.0623. The smallest absolute Gasteiger partial charge is 0.289 e. The van der Waals surface area contributed by atoms with Gasteiger partial charge in [-0.15, -0.1) is 0 Å². The molecule has 0 bridgehead atoms. The molecule has 72 valence electrons. The van der Waals surface area contributed by atoms with Crippen LogP contribution in [-0.2, 0) is 4.79 Å². The molecule has 13 heavy (non-hydrogen) atoms. The monoisotopic (exact) mass is 294 g/mol. The highest BCUT2D eigenvalue weighted by Crippen LogP contribution is 2.07. The summed E-state index contributed by atoms with van der Waals surface area (Å²) in [5.74, 6) is -0.520. The molecular formula is C8H11IN2O2. The van der Waals surface area contributed by atoms with E-state index in [1.54, 1.807) is 6.92 Å². The largest absolute Gasteiger partial charge is 0.329 e. The van der Waals surface area contributed by atoms with Crippen LogP contribution in [0.4, 0.5) is 4.79 Å². The lowest BCUT2D eigenvalue weighted by Crippen LogP contribution is -2.41. The predicted octanol–water partition coefficient (Wildman–Crippen LogP) is 1.64. The summed E-state index contributed by atoms with van der Waals surface area (Å²) in [4.78, 5) is 23.3. The SMILES string of the molecule is C=CC(=O)NC(=O)N(C=C)C(C)I. The molecule has 0 aromatic rings. The summed E-state index contributed by atoms with van der Waals surface area (Å²) >= 11 is 2.04. The van der Waals surface area contributed by atoms with Gasteiger partial charge in [-0.05, 0) is 13.0 Å². The van der Waals surface area contributed by atoms with Crippen molar-refractivity contribution in [2.24, 2.45) is 0 Å². The van der Waals surface area contributed by atoms with Crippen molar-refractivity contribution in [2.75, 3.05) is 0 Å². The Labute approximate surface area is 90.8 Å². The van der Waals surface area contributed by atoms with Crippen molar-refractivity contribution >= 4 is 34.5 Å². The fourth-order valence-corrected chi connectivity index (χ4v) is 1.09. The molecule has 4 nitrogen and oxygen atoms in total. The van der Waals surface area contributed by atoms with Crippen molar-refractivity contribution in [3.8, 4) is 0 Å². The second-order valence-electron chi connectivity index (χ2n) is 2.16. The summed E-state index contributed by atoms with van der Waals surface area (Å²) in [6.45, 7) is 8.50. The third kappa shape index (κ3) is 4.07. The summed E-state index contributed by atoms with van der Waals surface area (Å²) in [5.41, 5.74) is 0. The maximum absolute atomic E-state index is 11.3. The molecule has 1 atom stereocenters. The Kier molecular flexibility index (Phi) is 5.36. The number of nitrogens with zero attached hydrogens (tertiary/aromatic N) is 1. The Morgan fingerprint density at radius 1 is 1.54 bits per heavy atom. The van der Waals surface area contributed by atoms with E-state index in [1.807, 2.05) is 22.6 Å². The van der Waals surface area contributed by atoms with Crippen LogP contribution in [0.25, 0.3) is 0 Å². The maximum atomic E-state index is 11.3. The molecule has 0 fully saturated rings. The lowest BCUT2D eigenvalue weighted by atomic mass is 10.5. The van der Waals surface area contributed by atoms with Gasteiger partial charge in [-0.1, -0.05) is 35.7 Å². The molecule has 0 heterocycles. The molecule has 0 aromatic heterocycles. The zero-order valence-corrected chi connectivity index (χ0v) is 9.45. The number of imide groups is 1. The number of carbonyl (C=O) groups excluding carboxylic acids is 2. The van der Waals surface area contributed by atoms with Crippen LogP contribution in [0.2, 0.25) is 0 Å². The average molecular weight is 294 g/mol.